The zero-order chi connectivity index (χ0) is 24.3. The molecule has 4 unspecified atom stereocenters. The first-order chi connectivity index (χ1) is 14.2. The molecule has 12 nitrogen and oxygen atoms in total. The van der Waals surface area contributed by atoms with E-state index in [9.17, 15) is 19.1 Å². The van der Waals surface area contributed by atoms with Crippen LogP contribution in [0.15, 0.2) is 0 Å². The van der Waals surface area contributed by atoms with Crippen molar-refractivity contribution in [2.45, 2.75) is 50.3 Å². The van der Waals surface area contributed by atoms with Crippen molar-refractivity contribution in [3.8, 4) is 0 Å². The van der Waals surface area contributed by atoms with Gasteiger partial charge < -0.3 is 48.0 Å². The summed E-state index contributed by atoms with van der Waals surface area (Å²) in [6, 6.07) is 0. The second-order valence-electron chi connectivity index (χ2n) is 7.52. The van der Waals surface area contributed by atoms with Crippen molar-refractivity contribution in [3.05, 3.63) is 0 Å². The summed E-state index contributed by atoms with van der Waals surface area (Å²) in [7, 11) is -4.13. The van der Waals surface area contributed by atoms with Gasteiger partial charge in [-0.3, -0.25) is 9.13 Å². The van der Waals surface area contributed by atoms with E-state index in [2.05, 4.69) is 0 Å². The van der Waals surface area contributed by atoms with Crippen molar-refractivity contribution in [1.82, 2.24) is 0 Å². The number of rotatable bonds is 13. The molecule has 0 bridgehead atoms. The Morgan fingerprint density at radius 2 is 1.71 bits per heavy atom. The van der Waals surface area contributed by atoms with Gasteiger partial charge in [-0.15, -0.1) is 0 Å². The van der Waals surface area contributed by atoms with E-state index >= 15 is 0 Å². The maximum atomic E-state index is 11.2. The summed E-state index contributed by atoms with van der Waals surface area (Å²) >= 11 is 0. The van der Waals surface area contributed by atoms with Crippen molar-refractivity contribution < 1.29 is 57.1 Å². The topological polar surface area (TPSA) is 170 Å². The van der Waals surface area contributed by atoms with Gasteiger partial charge in [0.05, 0.1) is 45.2 Å². The van der Waals surface area contributed by atoms with Gasteiger partial charge in [0.25, 0.3) is 0 Å². The number of aliphatic hydroxyl groups excluding tert-OH is 2. The summed E-state index contributed by atoms with van der Waals surface area (Å²) in [5.74, 6) is 0. The molecule has 1 heterocycles. The summed E-state index contributed by atoms with van der Waals surface area (Å²) in [5, 5.41) is 18.1. The molecule has 1 aliphatic rings. The van der Waals surface area contributed by atoms with E-state index in [4.69, 9.17) is 38.0 Å². The monoisotopic (exact) mass is 496 g/mol. The zero-order valence-electron chi connectivity index (χ0n) is 19.0. The molecule has 0 aromatic rings. The molecule has 1 saturated heterocycles. The van der Waals surface area contributed by atoms with Crippen molar-refractivity contribution in [2.24, 2.45) is 0 Å². The molecule has 0 aromatic carbocycles. The van der Waals surface area contributed by atoms with Crippen LogP contribution in [0, 0.1) is 0 Å². The molecule has 14 heteroatoms. The molecule has 1 rings (SSSR count). The van der Waals surface area contributed by atoms with Crippen molar-refractivity contribution in [3.63, 3.8) is 0 Å². The Balaban J connectivity index is 0.000000582. The third kappa shape index (κ3) is 13.4. The van der Waals surface area contributed by atoms with Crippen LogP contribution in [-0.4, -0.2) is 111 Å². The largest absolute Gasteiger partial charge is 0.394 e. The lowest BCUT2D eigenvalue weighted by Gasteiger charge is -2.32. The van der Waals surface area contributed by atoms with Gasteiger partial charge in [-0.05, 0) is 13.8 Å². The molecular weight excluding hydrogens is 458 g/mol. The molecule has 0 radical (unpaired) electrons. The van der Waals surface area contributed by atoms with E-state index in [0.29, 0.717) is 6.42 Å². The van der Waals surface area contributed by atoms with Gasteiger partial charge in [0.15, 0.2) is 0 Å². The number of aliphatic hydroxyl groups is 2. The minimum Gasteiger partial charge on any atom is -0.394 e. The fraction of sp³-hybridized carbons (Fsp3) is 1.00. The highest BCUT2D eigenvalue weighted by molar-refractivity contribution is 7.52. The quantitative estimate of drug-likeness (QED) is 0.262. The number of methoxy groups -OCH3 is 2. The van der Waals surface area contributed by atoms with Crippen LogP contribution in [0.1, 0.15) is 20.3 Å². The second-order valence-corrected chi connectivity index (χ2v) is 11.2. The summed E-state index contributed by atoms with van der Waals surface area (Å²) in [6.07, 6.45) is -1.13. The molecule has 0 amide bonds. The third-order valence-corrected chi connectivity index (χ3v) is 5.36. The molecule has 1 aliphatic heterocycles. The highest BCUT2D eigenvalue weighted by Gasteiger charge is 2.50. The first-order valence-corrected chi connectivity index (χ1v) is 13.7. The zero-order valence-corrected chi connectivity index (χ0v) is 20.8. The van der Waals surface area contributed by atoms with Crippen LogP contribution >= 0.6 is 15.2 Å². The molecule has 0 aliphatic carbocycles. The van der Waals surface area contributed by atoms with Gasteiger partial charge in [-0.2, -0.15) is 0 Å². The molecule has 1 fully saturated rings. The summed E-state index contributed by atoms with van der Waals surface area (Å²) < 4.78 is 52.6. The molecule has 0 saturated carbocycles. The van der Waals surface area contributed by atoms with E-state index in [1.807, 2.05) is 6.92 Å². The smallest absolute Gasteiger partial charge is 0.325 e. The van der Waals surface area contributed by atoms with Gasteiger partial charge in [0.2, 0.25) is 0 Å². The van der Waals surface area contributed by atoms with E-state index in [1.54, 1.807) is 6.92 Å². The minimum atomic E-state index is -3.60. The van der Waals surface area contributed by atoms with Crippen LogP contribution in [0.2, 0.25) is 0 Å². The van der Waals surface area contributed by atoms with Crippen LogP contribution in [0.5, 0.6) is 0 Å². The Hall–Kier alpha value is 0.0600. The minimum absolute atomic E-state index is 0.0392. The fourth-order valence-electron chi connectivity index (χ4n) is 2.88. The van der Waals surface area contributed by atoms with Crippen LogP contribution < -0.4 is 0 Å². The summed E-state index contributed by atoms with van der Waals surface area (Å²) in [5.41, 5.74) is -1.04. The third-order valence-electron chi connectivity index (χ3n) is 4.08. The lowest BCUT2D eigenvalue weighted by molar-refractivity contribution is -0.135. The average Bonchev–Trinajstić information content (AvgIpc) is 2.93. The van der Waals surface area contributed by atoms with Crippen LogP contribution in [-0.2, 0) is 37.1 Å². The first kappa shape index (κ1) is 31.1. The molecule has 7 atom stereocenters. The fourth-order valence-corrected chi connectivity index (χ4v) is 4.07. The lowest BCUT2D eigenvalue weighted by atomic mass is 9.98. The van der Waals surface area contributed by atoms with Crippen molar-refractivity contribution >= 4 is 15.2 Å². The SMILES string of the molecule is COCC(COP(C)(=O)O)OC(C)CO.COC[C@@]1(CO)O[C@@H](C)C[C@H]1OP(C)(=O)O. The Kier molecular flexibility index (Phi) is 14.4. The Morgan fingerprint density at radius 3 is 2.13 bits per heavy atom. The number of hydrogen-bond donors (Lipinski definition) is 4. The average molecular weight is 496 g/mol. The highest BCUT2D eigenvalue weighted by Crippen LogP contribution is 2.45. The van der Waals surface area contributed by atoms with Crippen molar-refractivity contribution in [1.29, 1.82) is 0 Å². The summed E-state index contributed by atoms with van der Waals surface area (Å²) in [6.45, 7) is 5.62. The maximum absolute atomic E-state index is 11.2. The second kappa shape index (κ2) is 14.3. The Bertz CT molecular complexity index is 579. The van der Waals surface area contributed by atoms with Crippen LogP contribution in [0.4, 0.5) is 0 Å². The normalized spacial score (nSPS) is 29.4. The van der Waals surface area contributed by atoms with Crippen LogP contribution in [0.25, 0.3) is 0 Å². The summed E-state index contributed by atoms with van der Waals surface area (Å²) in [4.78, 5) is 18.1. The maximum Gasteiger partial charge on any atom is 0.325 e. The molecule has 188 valence electrons. The van der Waals surface area contributed by atoms with Crippen LogP contribution in [0.3, 0.4) is 0 Å². The van der Waals surface area contributed by atoms with E-state index in [-0.39, 0.29) is 45.2 Å². The van der Waals surface area contributed by atoms with E-state index in [0.717, 1.165) is 13.3 Å². The molecule has 31 heavy (non-hydrogen) atoms. The van der Waals surface area contributed by atoms with Gasteiger partial charge in [0.1, 0.15) is 17.8 Å². The van der Waals surface area contributed by atoms with E-state index < -0.39 is 33.0 Å². The number of hydrogen-bond acceptors (Lipinski definition) is 10. The number of ether oxygens (including phenoxy) is 4. The predicted molar refractivity (Wildman–Crippen MR) is 112 cm³/mol. The Labute approximate surface area is 183 Å². The Morgan fingerprint density at radius 1 is 1.10 bits per heavy atom. The van der Waals surface area contributed by atoms with Gasteiger partial charge in [-0.25, -0.2) is 0 Å². The van der Waals surface area contributed by atoms with Gasteiger partial charge >= 0.3 is 15.2 Å². The molecule has 0 aromatic heterocycles. The molecular formula is C17H38O12P2. The predicted octanol–water partition coefficient (Wildman–Crippen LogP) is 0.604. The molecule has 4 N–H and O–H groups in total. The lowest BCUT2D eigenvalue weighted by Crippen LogP contribution is -2.48. The van der Waals surface area contributed by atoms with Gasteiger partial charge in [-0.1, -0.05) is 0 Å². The van der Waals surface area contributed by atoms with Gasteiger partial charge in [0, 0.05) is 34.0 Å². The standard InChI is InChI=1S/C9H19O6P.C8H19O6P/c1-7-4-8(15-16(3,11)12)9(5-10,14-7)6-13-2;1-7(4-9)14-8(5-12-2)6-13-15(3,10)11/h7-8,10H,4-6H2,1-3H3,(H,11,12);7-9H,4-6H2,1-3H3,(H,10,11)/t7-,8+,9+;/m0./s1. The first-order valence-electron chi connectivity index (χ1n) is 9.68. The molecule has 0 spiro atoms. The highest BCUT2D eigenvalue weighted by atomic mass is 31.2. The van der Waals surface area contributed by atoms with E-state index in [1.165, 1.54) is 14.2 Å². The van der Waals surface area contributed by atoms with Crippen molar-refractivity contribution in [2.75, 3.05) is 60.6 Å².